The molecule has 7 heteroatoms. The van der Waals surface area contributed by atoms with Crippen molar-refractivity contribution in [2.75, 3.05) is 13.1 Å². The number of hydrogen-bond acceptors (Lipinski definition) is 3. The molecule has 1 aliphatic rings. The molecule has 1 saturated heterocycles. The maximum atomic E-state index is 13.0. The second kappa shape index (κ2) is 6.52. The number of aliphatic carboxylic acids is 1. The number of nitrogens with zero attached hydrogens (tertiary/aromatic N) is 1. The van der Waals surface area contributed by atoms with Crippen LogP contribution in [0.3, 0.4) is 0 Å². The lowest BCUT2D eigenvalue weighted by Gasteiger charge is -2.22. The lowest BCUT2D eigenvalue weighted by molar-refractivity contribution is -0.142. The maximum Gasteiger partial charge on any atom is 0.308 e. The zero-order chi connectivity index (χ0) is 16.4. The summed E-state index contributed by atoms with van der Waals surface area (Å²) in [6.45, 7) is 3.90. The van der Waals surface area contributed by atoms with Gasteiger partial charge in [-0.2, -0.15) is 0 Å². The van der Waals surface area contributed by atoms with E-state index in [1.807, 2.05) is 0 Å². The van der Waals surface area contributed by atoms with E-state index in [2.05, 4.69) is 0 Å². The van der Waals surface area contributed by atoms with Crippen LogP contribution in [0.4, 0.5) is 4.39 Å². The third-order valence-electron chi connectivity index (χ3n) is 3.79. The molecule has 120 valence electrons. The summed E-state index contributed by atoms with van der Waals surface area (Å²) < 4.78 is 18.4. The minimum Gasteiger partial charge on any atom is -0.481 e. The molecule has 0 spiro atoms. The lowest BCUT2D eigenvalue weighted by atomic mass is 9.99. The number of likely N-dealkylation sites (tertiary alicyclic amines) is 1. The Morgan fingerprint density at radius 1 is 1.45 bits per heavy atom. The Hall–Kier alpha value is -1.82. The van der Waals surface area contributed by atoms with E-state index >= 15 is 0 Å². The number of ether oxygens (including phenoxy) is 1. The number of carbonyl (C=O) groups is 2. The zero-order valence-corrected chi connectivity index (χ0v) is 13.0. The van der Waals surface area contributed by atoms with Gasteiger partial charge in [-0.3, -0.25) is 9.59 Å². The van der Waals surface area contributed by atoms with E-state index in [9.17, 15) is 14.0 Å². The van der Waals surface area contributed by atoms with Gasteiger partial charge in [-0.15, -0.1) is 0 Å². The third kappa shape index (κ3) is 3.50. The molecule has 1 N–H and O–H groups in total. The van der Waals surface area contributed by atoms with Crippen LogP contribution >= 0.6 is 11.6 Å². The van der Waals surface area contributed by atoms with Gasteiger partial charge in [-0.25, -0.2) is 4.39 Å². The third-order valence-corrected chi connectivity index (χ3v) is 4.08. The van der Waals surface area contributed by atoms with E-state index < -0.39 is 23.8 Å². The smallest absolute Gasteiger partial charge is 0.308 e. The van der Waals surface area contributed by atoms with Crippen LogP contribution in [0.15, 0.2) is 18.2 Å². The van der Waals surface area contributed by atoms with E-state index in [1.165, 1.54) is 17.0 Å². The number of carboxylic acids is 1. The summed E-state index contributed by atoms with van der Waals surface area (Å²) in [6, 6.07) is 3.65. The average molecular weight is 330 g/mol. The second-order valence-electron chi connectivity index (χ2n) is 5.50. The van der Waals surface area contributed by atoms with Crippen molar-refractivity contribution in [2.24, 2.45) is 11.8 Å². The Morgan fingerprint density at radius 3 is 2.68 bits per heavy atom. The first-order valence-electron chi connectivity index (χ1n) is 6.93. The molecule has 0 aromatic heterocycles. The van der Waals surface area contributed by atoms with Crippen molar-refractivity contribution in [3.05, 3.63) is 29.0 Å². The summed E-state index contributed by atoms with van der Waals surface area (Å²) >= 11 is 5.86. The summed E-state index contributed by atoms with van der Waals surface area (Å²) in [5, 5.41) is 9.18. The number of carbonyl (C=O) groups excluding carboxylic acids is 1. The Morgan fingerprint density at radius 2 is 2.14 bits per heavy atom. The zero-order valence-electron chi connectivity index (χ0n) is 12.3. The molecule has 1 aromatic carbocycles. The first kappa shape index (κ1) is 16.5. The van der Waals surface area contributed by atoms with Gasteiger partial charge in [-0.05, 0) is 31.0 Å². The van der Waals surface area contributed by atoms with Crippen molar-refractivity contribution in [1.29, 1.82) is 0 Å². The van der Waals surface area contributed by atoms with Crippen molar-refractivity contribution in [3.63, 3.8) is 0 Å². The summed E-state index contributed by atoms with van der Waals surface area (Å²) in [6.07, 6.45) is -0.831. The highest BCUT2D eigenvalue weighted by molar-refractivity contribution is 6.32. The molecule has 1 aromatic rings. The Balaban J connectivity index is 2.02. The van der Waals surface area contributed by atoms with Crippen LogP contribution in [-0.4, -0.2) is 41.1 Å². The Kier molecular flexibility index (Phi) is 4.90. The van der Waals surface area contributed by atoms with Crippen molar-refractivity contribution >= 4 is 23.5 Å². The summed E-state index contributed by atoms with van der Waals surface area (Å²) in [5.74, 6) is -2.16. The first-order chi connectivity index (χ1) is 10.3. The van der Waals surface area contributed by atoms with E-state index in [4.69, 9.17) is 21.4 Å². The summed E-state index contributed by atoms with van der Waals surface area (Å²) in [5.41, 5.74) is 0. The van der Waals surface area contributed by atoms with Crippen molar-refractivity contribution in [1.82, 2.24) is 4.90 Å². The highest BCUT2D eigenvalue weighted by Gasteiger charge is 2.38. The van der Waals surface area contributed by atoms with Gasteiger partial charge >= 0.3 is 5.97 Å². The predicted octanol–water partition coefficient (Wildman–Crippen LogP) is 2.43. The normalized spacial score (nSPS) is 22.5. The first-order valence-corrected chi connectivity index (χ1v) is 7.30. The molecule has 1 fully saturated rings. The standard InChI is InChI=1S/C15H17ClFNO4/c1-8-6-18(7-11(8)15(20)21)14(19)9(2)22-13-4-3-10(17)5-12(13)16/h3-5,8-9,11H,6-7H2,1-2H3,(H,20,21)/t8-,9?,11-/m1/s1. The van der Waals surface area contributed by atoms with Crippen LogP contribution in [0, 0.1) is 17.7 Å². The minimum absolute atomic E-state index is 0.0813. The monoisotopic (exact) mass is 329 g/mol. The lowest BCUT2D eigenvalue weighted by Crippen LogP contribution is -2.39. The van der Waals surface area contributed by atoms with Gasteiger partial charge < -0.3 is 14.7 Å². The number of carboxylic acid groups (broad SMARTS) is 1. The van der Waals surface area contributed by atoms with Crippen LogP contribution in [0.5, 0.6) is 5.75 Å². The van der Waals surface area contributed by atoms with Crippen LogP contribution in [0.2, 0.25) is 5.02 Å². The van der Waals surface area contributed by atoms with Gasteiger partial charge in [0.25, 0.3) is 5.91 Å². The van der Waals surface area contributed by atoms with Gasteiger partial charge in [0.1, 0.15) is 11.6 Å². The van der Waals surface area contributed by atoms with Gasteiger partial charge in [0.15, 0.2) is 6.10 Å². The Labute approximate surface area is 132 Å². The van der Waals surface area contributed by atoms with Crippen molar-refractivity contribution in [2.45, 2.75) is 20.0 Å². The van der Waals surface area contributed by atoms with Crippen LogP contribution in [-0.2, 0) is 9.59 Å². The Bertz CT molecular complexity index is 595. The SMILES string of the molecule is CC(Oc1ccc(F)cc1Cl)C(=O)N1C[C@@H](C)[C@H](C(=O)O)C1. The quantitative estimate of drug-likeness (QED) is 0.921. The van der Waals surface area contributed by atoms with E-state index in [0.717, 1.165) is 6.07 Å². The molecule has 3 atom stereocenters. The van der Waals surface area contributed by atoms with Crippen molar-refractivity contribution < 1.29 is 23.8 Å². The molecule has 0 aliphatic carbocycles. The molecule has 2 rings (SSSR count). The topological polar surface area (TPSA) is 66.8 Å². The minimum atomic E-state index is -0.905. The summed E-state index contributed by atoms with van der Waals surface area (Å²) in [7, 11) is 0. The van der Waals surface area contributed by atoms with Gasteiger partial charge in [0.05, 0.1) is 10.9 Å². The molecule has 1 unspecified atom stereocenters. The highest BCUT2D eigenvalue weighted by atomic mass is 35.5. The van der Waals surface area contributed by atoms with Crippen LogP contribution in [0.25, 0.3) is 0 Å². The number of hydrogen-bond donors (Lipinski definition) is 1. The average Bonchev–Trinajstić information content (AvgIpc) is 2.83. The number of benzene rings is 1. The predicted molar refractivity (Wildman–Crippen MR) is 78.4 cm³/mol. The molecule has 5 nitrogen and oxygen atoms in total. The molecule has 0 radical (unpaired) electrons. The fourth-order valence-electron chi connectivity index (χ4n) is 2.54. The number of amides is 1. The van der Waals surface area contributed by atoms with Gasteiger partial charge in [0.2, 0.25) is 0 Å². The van der Waals surface area contributed by atoms with Crippen LogP contribution in [0.1, 0.15) is 13.8 Å². The van der Waals surface area contributed by atoms with Crippen LogP contribution < -0.4 is 4.74 Å². The summed E-state index contributed by atoms with van der Waals surface area (Å²) in [4.78, 5) is 24.9. The molecular weight excluding hydrogens is 313 g/mol. The molecule has 0 saturated carbocycles. The number of rotatable bonds is 4. The van der Waals surface area contributed by atoms with Gasteiger partial charge in [0, 0.05) is 13.1 Å². The van der Waals surface area contributed by atoms with Crippen molar-refractivity contribution in [3.8, 4) is 5.75 Å². The van der Waals surface area contributed by atoms with Gasteiger partial charge in [-0.1, -0.05) is 18.5 Å². The molecule has 1 aliphatic heterocycles. The molecule has 1 heterocycles. The largest absolute Gasteiger partial charge is 0.481 e. The number of halogens is 2. The molecular formula is C15H17ClFNO4. The molecule has 22 heavy (non-hydrogen) atoms. The van der Waals surface area contributed by atoms with E-state index in [1.54, 1.807) is 13.8 Å². The molecule has 0 bridgehead atoms. The fraction of sp³-hybridized carbons (Fsp3) is 0.467. The highest BCUT2D eigenvalue weighted by Crippen LogP contribution is 2.28. The fourth-order valence-corrected chi connectivity index (χ4v) is 2.75. The maximum absolute atomic E-state index is 13.0. The molecule has 1 amide bonds. The van der Waals surface area contributed by atoms with E-state index in [-0.39, 0.29) is 29.1 Å². The second-order valence-corrected chi connectivity index (χ2v) is 5.91. The van der Waals surface area contributed by atoms with E-state index in [0.29, 0.717) is 6.54 Å².